The van der Waals surface area contributed by atoms with Crippen molar-refractivity contribution < 1.29 is 18.3 Å². The van der Waals surface area contributed by atoms with Crippen molar-refractivity contribution in [3.63, 3.8) is 0 Å². The lowest BCUT2D eigenvalue weighted by atomic mass is 10.1. The van der Waals surface area contributed by atoms with Gasteiger partial charge in [-0.2, -0.15) is 4.31 Å². The van der Waals surface area contributed by atoms with Gasteiger partial charge in [0.1, 0.15) is 10.6 Å². The molecule has 0 aliphatic rings. The van der Waals surface area contributed by atoms with Gasteiger partial charge in [0.2, 0.25) is 10.0 Å². The maximum Gasteiger partial charge on any atom is 0.252 e. The molecule has 0 radical (unpaired) electrons. The van der Waals surface area contributed by atoms with Crippen molar-refractivity contribution in [2.45, 2.75) is 24.8 Å². The third-order valence-corrected chi connectivity index (χ3v) is 6.92. The number of hydrogen-bond acceptors (Lipinski definition) is 5. The lowest BCUT2D eigenvalue weighted by molar-refractivity contribution is 0.267. The molecule has 2 aromatic carbocycles. The normalized spacial score (nSPS) is 11.9. The first-order valence-electron chi connectivity index (χ1n) is 9.51. The van der Waals surface area contributed by atoms with E-state index in [-0.39, 0.29) is 47.2 Å². The highest BCUT2D eigenvalue weighted by molar-refractivity contribution is 7.89. The molecule has 1 aromatic heterocycles. The maximum absolute atomic E-state index is 13.2. The summed E-state index contributed by atoms with van der Waals surface area (Å²) in [6.45, 7) is 2.09. The number of nitrogens with one attached hydrogen (secondary N) is 1. The first-order valence-corrected chi connectivity index (χ1v) is 11.3. The van der Waals surface area contributed by atoms with E-state index in [9.17, 15) is 18.3 Å². The van der Waals surface area contributed by atoms with E-state index in [1.807, 2.05) is 6.92 Å². The number of ether oxygens (including phenoxy) is 1. The summed E-state index contributed by atoms with van der Waals surface area (Å²) in [4.78, 5) is 15.3. The van der Waals surface area contributed by atoms with Crippen LogP contribution in [0.3, 0.4) is 0 Å². The van der Waals surface area contributed by atoms with E-state index in [1.54, 1.807) is 36.4 Å². The smallest absolute Gasteiger partial charge is 0.252 e. The Morgan fingerprint density at radius 3 is 2.63 bits per heavy atom. The first kappa shape index (κ1) is 22.3. The van der Waals surface area contributed by atoms with Crippen LogP contribution in [0, 0.1) is 0 Å². The molecule has 1 heterocycles. The molecule has 0 unspecified atom stereocenters. The number of nitrogens with zero attached hydrogens (tertiary/aromatic N) is 1. The maximum atomic E-state index is 13.2. The molecule has 0 fully saturated rings. The predicted octanol–water partition coefficient (Wildman–Crippen LogP) is 3.15. The van der Waals surface area contributed by atoms with Crippen molar-refractivity contribution in [1.82, 2.24) is 9.29 Å². The SMILES string of the molecule is CCOc1ccc2[nH]c(=O)c(CN(CCCO)S(=O)(=O)c3ccccc3Cl)cc2c1. The van der Waals surface area contributed by atoms with E-state index < -0.39 is 10.0 Å². The molecular formula is C21H23ClN2O5S. The average Bonchev–Trinajstić information content (AvgIpc) is 2.72. The number of aromatic amines is 1. The zero-order chi connectivity index (χ0) is 21.7. The highest BCUT2D eigenvalue weighted by Crippen LogP contribution is 2.26. The van der Waals surface area contributed by atoms with Gasteiger partial charge in [0.15, 0.2) is 0 Å². The van der Waals surface area contributed by atoms with E-state index in [2.05, 4.69) is 4.98 Å². The third-order valence-electron chi connectivity index (χ3n) is 4.57. The van der Waals surface area contributed by atoms with E-state index in [4.69, 9.17) is 16.3 Å². The highest BCUT2D eigenvalue weighted by atomic mass is 35.5. The van der Waals surface area contributed by atoms with Crippen LogP contribution in [-0.4, -0.2) is 42.6 Å². The van der Waals surface area contributed by atoms with Crippen molar-refractivity contribution in [3.8, 4) is 5.75 Å². The molecule has 0 bridgehead atoms. The lowest BCUT2D eigenvalue weighted by Gasteiger charge is -2.22. The van der Waals surface area contributed by atoms with Crippen LogP contribution in [0.1, 0.15) is 18.9 Å². The number of sulfonamides is 1. The average molecular weight is 451 g/mol. The standard InChI is InChI=1S/C21H23ClN2O5S/c1-2-29-17-8-9-19-15(13-17)12-16(21(26)23-19)14-24(10-5-11-25)30(27,28)20-7-4-3-6-18(20)22/h3-4,6-9,12-13,25H,2,5,10-11,14H2,1H3,(H,23,26). The Hall–Kier alpha value is -2.39. The largest absolute Gasteiger partial charge is 0.494 e. The summed E-state index contributed by atoms with van der Waals surface area (Å²) in [5.41, 5.74) is 0.530. The van der Waals surface area contributed by atoms with Crippen LogP contribution in [0.5, 0.6) is 5.75 Å². The zero-order valence-electron chi connectivity index (χ0n) is 16.5. The number of aromatic nitrogens is 1. The molecular weight excluding hydrogens is 428 g/mol. The quantitative estimate of drug-likeness (QED) is 0.521. The van der Waals surface area contributed by atoms with Crippen molar-refractivity contribution >= 4 is 32.5 Å². The molecule has 7 nitrogen and oxygen atoms in total. The number of pyridine rings is 1. The highest BCUT2D eigenvalue weighted by Gasteiger charge is 2.27. The number of halogens is 1. The molecule has 0 amide bonds. The third kappa shape index (κ3) is 4.84. The van der Waals surface area contributed by atoms with Gasteiger partial charge in [0.05, 0.1) is 11.6 Å². The van der Waals surface area contributed by atoms with Gasteiger partial charge in [-0.1, -0.05) is 23.7 Å². The Morgan fingerprint density at radius 2 is 1.93 bits per heavy atom. The first-order chi connectivity index (χ1) is 14.4. The van der Waals surface area contributed by atoms with Crippen molar-refractivity contribution in [3.05, 3.63) is 69.5 Å². The van der Waals surface area contributed by atoms with Gasteiger partial charge in [-0.25, -0.2) is 8.42 Å². The minimum absolute atomic E-state index is 0.0412. The van der Waals surface area contributed by atoms with Gasteiger partial charge in [-0.15, -0.1) is 0 Å². The lowest BCUT2D eigenvalue weighted by Crippen LogP contribution is -2.34. The Morgan fingerprint density at radius 1 is 1.17 bits per heavy atom. The van der Waals surface area contributed by atoms with Crippen LogP contribution < -0.4 is 10.3 Å². The minimum atomic E-state index is -3.98. The Labute approximate surface area is 179 Å². The molecule has 3 rings (SSSR count). The fraction of sp³-hybridized carbons (Fsp3) is 0.286. The Bertz CT molecular complexity index is 1190. The summed E-state index contributed by atoms with van der Waals surface area (Å²) < 4.78 is 33.1. The van der Waals surface area contributed by atoms with Crippen molar-refractivity contribution in [1.29, 1.82) is 0 Å². The fourth-order valence-electron chi connectivity index (χ4n) is 3.12. The monoisotopic (exact) mass is 450 g/mol. The summed E-state index contributed by atoms with van der Waals surface area (Å²) in [7, 11) is -3.98. The van der Waals surface area contributed by atoms with Crippen molar-refractivity contribution in [2.75, 3.05) is 19.8 Å². The molecule has 30 heavy (non-hydrogen) atoms. The number of H-pyrrole nitrogens is 1. The van der Waals surface area contributed by atoms with Crippen LogP contribution in [0.2, 0.25) is 5.02 Å². The molecule has 0 saturated carbocycles. The molecule has 2 N–H and O–H groups in total. The molecule has 0 aliphatic heterocycles. The fourth-order valence-corrected chi connectivity index (χ4v) is 5.07. The van der Waals surface area contributed by atoms with Gasteiger partial charge >= 0.3 is 0 Å². The van der Waals surface area contributed by atoms with E-state index in [0.29, 0.717) is 17.9 Å². The van der Waals surface area contributed by atoms with Gasteiger partial charge in [-0.05, 0) is 49.7 Å². The van der Waals surface area contributed by atoms with Crippen LogP contribution in [0.25, 0.3) is 10.9 Å². The number of aliphatic hydroxyl groups excluding tert-OH is 1. The molecule has 0 saturated heterocycles. The van der Waals surface area contributed by atoms with Gasteiger partial charge in [-0.3, -0.25) is 4.79 Å². The number of aliphatic hydroxyl groups is 1. The second-order valence-electron chi connectivity index (χ2n) is 6.65. The number of rotatable bonds is 9. The summed E-state index contributed by atoms with van der Waals surface area (Å²) in [6, 6.07) is 13.1. The second-order valence-corrected chi connectivity index (χ2v) is 8.97. The topological polar surface area (TPSA) is 99.7 Å². The van der Waals surface area contributed by atoms with Gasteiger partial charge in [0, 0.05) is 36.2 Å². The number of benzene rings is 2. The van der Waals surface area contributed by atoms with Crippen molar-refractivity contribution in [2.24, 2.45) is 0 Å². The number of fused-ring (bicyclic) bond motifs is 1. The van der Waals surface area contributed by atoms with Crippen LogP contribution in [0.4, 0.5) is 0 Å². The molecule has 3 aromatic rings. The molecule has 0 aliphatic carbocycles. The number of hydrogen-bond donors (Lipinski definition) is 2. The van der Waals surface area contributed by atoms with E-state index >= 15 is 0 Å². The molecule has 0 atom stereocenters. The summed E-state index contributed by atoms with van der Waals surface area (Å²) in [5.74, 6) is 0.656. The summed E-state index contributed by atoms with van der Waals surface area (Å²) in [5, 5.41) is 10.0. The van der Waals surface area contributed by atoms with Gasteiger partial charge in [0.25, 0.3) is 5.56 Å². The summed E-state index contributed by atoms with van der Waals surface area (Å²) >= 11 is 6.11. The zero-order valence-corrected chi connectivity index (χ0v) is 18.0. The van der Waals surface area contributed by atoms with E-state index in [0.717, 1.165) is 9.69 Å². The minimum Gasteiger partial charge on any atom is -0.494 e. The molecule has 160 valence electrons. The Kier molecular flexibility index (Phi) is 7.14. The van der Waals surface area contributed by atoms with E-state index in [1.165, 1.54) is 12.1 Å². The van der Waals surface area contributed by atoms with Gasteiger partial charge < -0.3 is 14.8 Å². The second kappa shape index (κ2) is 9.61. The van der Waals surface area contributed by atoms with Crippen LogP contribution >= 0.6 is 11.6 Å². The molecule has 9 heteroatoms. The van der Waals surface area contributed by atoms with Crippen LogP contribution in [-0.2, 0) is 16.6 Å². The summed E-state index contributed by atoms with van der Waals surface area (Å²) in [6.07, 6.45) is 0.226. The predicted molar refractivity (Wildman–Crippen MR) is 116 cm³/mol. The molecule has 0 spiro atoms. The Balaban J connectivity index is 2.02. The van der Waals surface area contributed by atoms with Crippen LogP contribution in [0.15, 0.2) is 58.2 Å².